The first kappa shape index (κ1) is 11.9. The van der Waals surface area contributed by atoms with E-state index in [1.165, 1.54) is 18.9 Å². The van der Waals surface area contributed by atoms with E-state index in [-0.39, 0.29) is 38.4 Å². The fourth-order valence-corrected chi connectivity index (χ4v) is 1.84. The van der Waals surface area contributed by atoms with Crippen molar-refractivity contribution in [2.75, 3.05) is 0 Å². The topological polar surface area (TPSA) is 0 Å². The molecule has 0 atom stereocenters. The molecule has 0 amide bonds. The average Bonchev–Trinajstić information content (AvgIpc) is 1.61. The van der Waals surface area contributed by atoms with E-state index in [2.05, 4.69) is 20.0 Å². The second-order valence-electron chi connectivity index (χ2n) is 2.54. The standard InChI is InChI=1S/C6H16Si.Na.H/c1-4-5-6-7(2)3;;/h7H,4-6H2,1-3H3;;. The van der Waals surface area contributed by atoms with Crippen LogP contribution in [0.2, 0.25) is 19.1 Å². The summed E-state index contributed by atoms with van der Waals surface area (Å²) in [7, 11) is -0.188. The van der Waals surface area contributed by atoms with Crippen molar-refractivity contribution in [3.63, 3.8) is 0 Å². The van der Waals surface area contributed by atoms with E-state index in [9.17, 15) is 0 Å². The van der Waals surface area contributed by atoms with Crippen LogP contribution in [0.4, 0.5) is 0 Å². The van der Waals surface area contributed by atoms with Gasteiger partial charge in [-0.3, -0.25) is 0 Å². The molecule has 0 saturated heterocycles. The van der Waals surface area contributed by atoms with Crippen molar-refractivity contribution in [3.8, 4) is 0 Å². The zero-order chi connectivity index (χ0) is 5.70. The average molecular weight is 140 g/mol. The van der Waals surface area contributed by atoms with Gasteiger partial charge in [0.2, 0.25) is 0 Å². The van der Waals surface area contributed by atoms with Gasteiger partial charge in [-0.05, 0) is 0 Å². The third-order valence-corrected chi connectivity index (χ3v) is 2.70. The third-order valence-electron chi connectivity index (χ3n) is 1.14. The molecule has 0 aromatic carbocycles. The van der Waals surface area contributed by atoms with Gasteiger partial charge < -0.3 is 0 Å². The van der Waals surface area contributed by atoms with Crippen LogP contribution in [-0.4, -0.2) is 38.4 Å². The van der Waals surface area contributed by atoms with Gasteiger partial charge in [-0.15, -0.1) is 0 Å². The van der Waals surface area contributed by atoms with Gasteiger partial charge in [0.1, 0.15) is 0 Å². The summed E-state index contributed by atoms with van der Waals surface area (Å²) in [5.74, 6) is 0. The van der Waals surface area contributed by atoms with Gasteiger partial charge in [0.15, 0.2) is 0 Å². The van der Waals surface area contributed by atoms with Crippen molar-refractivity contribution in [3.05, 3.63) is 0 Å². The van der Waals surface area contributed by atoms with E-state index in [1.807, 2.05) is 0 Å². The molecule has 0 heterocycles. The monoisotopic (exact) mass is 140 g/mol. The molecule has 0 aromatic heterocycles. The van der Waals surface area contributed by atoms with Crippen molar-refractivity contribution in [1.29, 1.82) is 0 Å². The second-order valence-corrected chi connectivity index (χ2v) is 5.90. The van der Waals surface area contributed by atoms with Gasteiger partial charge in [-0.1, -0.05) is 38.9 Å². The van der Waals surface area contributed by atoms with Crippen LogP contribution in [0.1, 0.15) is 19.8 Å². The fourth-order valence-electron chi connectivity index (χ4n) is 0.612. The molecule has 0 saturated carbocycles. The molecule has 0 bridgehead atoms. The Labute approximate surface area is 77.0 Å². The van der Waals surface area contributed by atoms with Gasteiger partial charge >= 0.3 is 29.6 Å². The molecule has 46 valence electrons. The van der Waals surface area contributed by atoms with E-state index in [0.29, 0.717) is 0 Å². The number of hydrogen-bond acceptors (Lipinski definition) is 0. The molecule has 0 radical (unpaired) electrons. The molecular formula is C6H17NaSi. The summed E-state index contributed by atoms with van der Waals surface area (Å²) in [6, 6.07) is 1.54. The Morgan fingerprint density at radius 3 is 1.88 bits per heavy atom. The minimum atomic E-state index is -0.188. The molecule has 2 heteroatoms. The van der Waals surface area contributed by atoms with Crippen molar-refractivity contribution >= 4 is 38.4 Å². The van der Waals surface area contributed by atoms with Crippen LogP contribution in [0.5, 0.6) is 0 Å². The molecule has 0 nitrogen and oxygen atoms in total. The zero-order valence-corrected chi connectivity index (χ0v) is 6.85. The van der Waals surface area contributed by atoms with Crippen molar-refractivity contribution in [2.24, 2.45) is 0 Å². The number of hydrogen-bond donors (Lipinski definition) is 0. The quantitative estimate of drug-likeness (QED) is 0.523. The number of rotatable bonds is 3. The molecule has 0 spiro atoms. The van der Waals surface area contributed by atoms with Crippen LogP contribution in [-0.2, 0) is 0 Å². The summed E-state index contributed by atoms with van der Waals surface area (Å²) in [4.78, 5) is 0. The summed E-state index contributed by atoms with van der Waals surface area (Å²) < 4.78 is 0. The van der Waals surface area contributed by atoms with Gasteiger partial charge in [0.25, 0.3) is 0 Å². The fraction of sp³-hybridized carbons (Fsp3) is 1.00. The normalized spacial score (nSPS) is 9.00. The van der Waals surface area contributed by atoms with Crippen molar-refractivity contribution in [1.82, 2.24) is 0 Å². The molecule has 0 N–H and O–H groups in total. The van der Waals surface area contributed by atoms with Gasteiger partial charge in [-0.2, -0.15) is 0 Å². The first-order valence-corrected chi connectivity index (χ1v) is 6.40. The summed E-state index contributed by atoms with van der Waals surface area (Å²) >= 11 is 0. The van der Waals surface area contributed by atoms with E-state index in [0.717, 1.165) is 0 Å². The van der Waals surface area contributed by atoms with Crippen LogP contribution in [0.3, 0.4) is 0 Å². The van der Waals surface area contributed by atoms with Gasteiger partial charge in [0.05, 0.1) is 0 Å². The molecular weight excluding hydrogens is 123 g/mol. The molecule has 0 aromatic rings. The SMILES string of the molecule is CCCC[SiH](C)C.[NaH]. The predicted molar refractivity (Wildman–Crippen MR) is 45.7 cm³/mol. The van der Waals surface area contributed by atoms with E-state index < -0.39 is 0 Å². The van der Waals surface area contributed by atoms with E-state index in [4.69, 9.17) is 0 Å². The Kier molecular flexibility index (Phi) is 12.3. The molecule has 0 aliphatic heterocycles. The van der Waals surface area contributed by atoms with Gasteiger partial charge in [0, 0.05) is 8.80 Å². The van der Waals surface area contributed by atoms with Crippen LogP contribution < -0.4 is 0 Å². The zero-order valence-electron chi connectivity index (χ0n) is 5.70. The summed E-state index contributed by atoms with van der Waals surface area (Å²) in [5.41, 5.74) is 0. The second kappa shape index (κ2) is 8.22. The predicted octanol–water partition coefficient (Wildman–Crippen LogP) is 1.62. The van der Waals surface area contributed by atoms with Crippen molar-refractivity contribution in [2.45, 2.75) is 38.9 Å². The van der Waals surface area contributed by atoms with Crippen LogP contribution in [0.25, 0.3) is 0 Å². The Balaban J connectivity index is 0. The minimum absolute atomic E-state index is 0. The first-order valence-electron chi connectivity index (χ1n) is 3.27. The maximum atomic E-state index is 2.41. The Bertz CT molecular complexity index is 37.5. The van der Waals surface area contributed by atoms with Crippen LogP contribution in [0.15, 0.2) is 0 Å². The summed E-state index contributed by atoms with van der Waals surface area (Å²) in [6.07, 6.45) is 2.84. The first-order chi connectivity index (χ1) is 3.27. The molecule has 0 aliphatic rings. The molecule has 0 fully saturated rings. The molecule has 0 aliphatic carbocycles. The third kappa shape index (κ3) is 10.2. The molecule has 0 rings (SSSR count). The molecule has 8 heavy (non-hydrogen) atoms. The Morgan fingerprint density at radius 2 is 1.75 bits per heavy atom. The van der Waals surface area contributed by atoms with Gasteiger partial charge in [-0.25, -0.2) is 0 Å². The summed E-state index contributed by atoms with van der Waals surface area (Å²) in [5, 5.41) is 0. The number of unbranched alkanes of at least 4 members (excludes halogenated alkanes) is 1. The Morgan fingerprint density at radius 1 is 1.25 bits per heavy atom. The maximum absolute atomic E-state index is 2.41. The van der Waals surface area contributed by atoms with Crippen LogP contribution in [0, 0.1) is 0 Å². The Hall–Kier alpha value is 1.22. The van der Waals surface area contributed by atoms with E-state index in [1.54, 1.807) is 0 Å². The van der Waals surface area contributed by atoms with E-state index >= 15 is 0 Å². The van der Waals surface area contributed by atoms with Crippen LogP contribution >= 0.6 is 0 Å². The van der Waals surface area contributed by atoms with Crippen molar-refractivity contribution < 1.29 is 0 Å². The molecule has 0 unspecified atom stereocenters. The summed E-state index contributed by atoms with van der Waals surface area (Å²) in [6.45, 7) is 7.09.